The van der Waals surface area contributed by atoms with Crippen molar-refractivity contribution < 1.29 is 4.79 Å². The Morgan fingerprint density at radius 1 is 1.40 bits per heavy atom. The van der Waals surface area contributed by atoms with Crippen molar-refractivity contribution in [3.8, 4) is 0 Å². The van der Waals surface area contributed by atoms with Crippen molar-refractivity contribution in [1.29, 1.82) is 0 Å². The van der Waals surface area contributed by atoms with Crippen LogP contribution in [-0.4, -0.2) is 5.91 Å². The summed E-state index contributed by atoms with van der Waals surface area (Å²) in [5.74, 6) is -0.449. The maximum Gasteiger partial charge on any atom is 0.259 e. The summed E-state index contributed by atoms with van der Waals surface area (Å²) < 4.78 is 0. The van der Waals surface area contributed by atoms with Crippen LogP contribution in [0.15, 0.2) is 11.2 Å². The molecule has 2 rings (SSSR count). The average Bonchev–Trinajstić information content (AvgIpc) is 2.51. The molecule has 0 fully saturated rings. The molecule has 78 valence electrons. The molecular formula is C10H11N3OS. The van der Waals surface area contributed by atoms with E-state index in [9.17, 15) is 4.79 Å². The molecule has 1 aliphatic carbocycles. The van der Waals surface area contributed by atoms with Crippen molar-refractivity contribution in [3.63, 3.8) is 0 Å². The van der Waals surface area contributed by atoms with E-state index in [1.54, 1.807) is 0 Å². The molecule has 0 atom stereocenters. The molecule has 4 nitrogen and oxygen atoms in total. The van der Waals surface area contributed by atoms with E-state index in [1.807, 2.05) is 6.07 Å². The molecule has 0 saturated carbocycles. The van der Waals surface area contributed by atoms with E-state index < -0.39 is 5.91 Å². The molecular weight excluding hydrogens is 210 g/mol. The lowest BCUT2D eigenvalue weighted by Gasteiger charge is -1.92. The van der Waals surface area contributed by atoms with Crippen molar-refractivity contribution >= 4 is 17.2 Å². The van der Waals surface area contributed by atoms with Crippen LogP contribution in [0.25, 0.3) is 10.4 Å². The molecule has 5 heteroatoms. The van der Waals surface area contributed by atoms with E-state index in [-0.39, 0.29) is 0 Å². The number of carbonyl (C=O) groups is 1. The van der Waals surface area contributed by atoms with Crippen molar-refractivity contribution in [1.82, 2.24) is 0 Å². The second-order valence-corrected chi connectivity index (χ2v) is 4.75. The van der Waals surface area contributed by atoms with Gasteiger partial charge in [-0.05, 0) is 48.0 Å². The average molecular weight is 221 g/mol. The lowest BCUT2D eigenvalue weighted by Crippen LogP contribution is -1.87. The number of fused-ring (bicyclic) bond motifs is 1. The zero-order valence-electron chi connectivity index (χ0n) is 8.27. The summed E-state index contributed by atoms with van der Waals surface area (Å²) >= 11 is 1.48. The van der Waals surface area contributed by atoms with Crippen LogP contribution in [-0.2, 0) is 12.8 Å². The Balaban J connectivity index is 2.29. The van der Waals surface area contributed by atoms with Crippen LogP contribution < -0.4 is 0 Å². The number of hydrogen-bond donors (Lipinski definition) is 0. The normalized spacial score (nSPS) is 14.9. The van der Waals surface area contributed by atoms with Crippen molar-refractivity contribution in [3.05, 3.63) is 31.8 Å². The molecule has 0 unspecified atom stereocenters. The molecule has 1 amide bonds. The predicted octanol–water partition coefficient (Wildman–Crippen LogP) is 3.47. The second kappa shape index (κ2) is 4.47. The molecule has 0 radical (unpaired) electrons. The first kappa shape index (κ1) is 10.2. The number of aryl methyl sites for hydroxylation is 2. The fraction of sp³-hybridized carbons (Fsp3) is 0.500. The maximum atomic E-state index is 11.3. The van der Waals surface area contributed by atoms with E-state index in [2.05, 4.69) is 10.0 Å². The number of nitrogens with zero attached hydrogens (tertiary/aromatic N) is 3. The van der Waals surface area contributed by atoms with Crippen LogP contribution in [0, 0.1) is 0 Å². The van der Waals surface area contributed by atoms with Gasteiger partial charge in [0.2, 0.25) is 0 Å². The summed E-state index contributed by atoms with van der Waals surface area (Å²) in [7, 11) is 0. The van der Waals surface area contributed by atoms with E-state index in [0.29, 0.717) is 4.88 Å². The van der Waals surface area contributed by atoms with Crippen LogP contribution in [0.3, 0.4) is 0 Å². The topological polar surface area (TPSA) is 65.8 Å². The van der Waals surface area contributed by atoms with Gasteiger partial charge >= 0.3 is 0 Å². The number of thiophene rings is 1. The minimum Gasteiger partial charge on any atom is -0.286 e. The van der Waals surface area contributed by atoms with Gasteiger partial charge in [0.05, 0.1) is 4.88 Å². The summed E-state index contributed by atoms with van der Waals surface area (Å²) in [6, 6.07) is 1.89. The number of azide groups is 1. The summed E-state index contributed by atoms with van der Waals surface area (Å²) in [4.78, 5) is 15.7. The molecule has 0 N–H and O–H groups in total. The van der Waals surface area contributed by atoms with Gasteiger partial charge in [0.15, 0.2) is 0 Å². The quantitative estimate of drug-likeness (QED) is 0.310. The molecule has 1 heterocycles. The highest BCUT2D eigenvalue weighted by molar-refractivity contribution is 7.14. The third kappa shape index (κ3) is 2.19. The third-order valence-corrected chi connectivity index (χ3v) is 3.82. The lowest BCUT2D eigenvalue weighted by atomic mass is 10.1. The number of amides is 1. The van der Waals surface area contributed by atoms with Crippen LogP contribution >= 0.6 is 11.3 Å². The molecule has 0 saturated heterocycles. The third-order valence-electron chi connectivity index (χ3n) is 2.59. The number of hydrogen-bond acceptors (Lipinski definition) is 2. The van der Waals surface area contributed by atoms with Crippen LogP contribution in [0.1, 0.15) is 39.4 Å². The summed E-state index contributed by atoms with van der Waals surface area (Å²) in [6.07, 6.45) is 5.77. The van der Waals surface area contributed by atoms with Gasteiger partial charge in [-0.3, -0.25) is 4.79 Å². The predicted molar refractivity (Wildman–Crippen MR) is 59.1 cm³/mol. The Morgan fingerprint density at radius 2 is 2.20 bits per heavy atom. The standard InChI is InChI=1S/C10H11N3OS/c11-13-12-10(14)9-6-7-4-2-1-3-5-8(7)15-9/h6H,1-5H2. The SMILES string of the molecule is [N-]=[N+]=NC(=O)c1cc2c(s1)CCCCC2. The highest BCUT2D eigenvalue weighted by atomic mass is 32.1. The summed E-state index contributed by atoms with van der Waals surface area (Å²) in [5.41, 5.74) is 9.46. The molecule has 0 spiro atoms. The minimum atomic E-state index is -0.449. The monoisotopic (exact) mass is 221 g/mol. The van der Waals surface area contributed by atoms with Gasteiger partial charge in [-0.15, -0.1) is 11.3 Å². The van der Waals surface area contributed by atoms with Crippen molar-refractivity contribution in [2.45, 2.75) is 32.1 Å². The summed E-state index contributed by atoms with van der Waals surface area (Å²) in [5, 5.41) is 3.11. The zero-order valence-corrected chi connectivity index (χ0v) is 9.09. The maximum absolute atomic E-state index is 11.3. The molecule has 1 aliphatic rings. The van der Waals surface area contributed by atoms with E-state index in [1.165, 1.54) is 41.0 Å². The van der Waals surface area contributed by atoms with Crippen molar-refractivity contribution in [2.75, 3.05) is 0 Å². The Morgan fingerprint density at radius 3 is 3.00 bits per heavy atom. The first-order valence-corrected chi connectivity index (χ1v) is 5.84. The Kier molecular flexibility index (Phi) is 3.04. The smallest absolute Gasteiger partial charge is 0.259 e. The molecule has 0 aliphatic heterocycles. The fourth-order valence-corrected chi connectivity index (χ4v) is 3.00. The first-order chi connectivity index (χ1) is 7.31. The van der Waals surface area contributed by atoms with Crippen LogP contribution in [0.4, 0.5) is 0 Å². The molecule has 1 aromatic heterocycles. The number of rotatable bonds is 1. The van der Waals surface area contributed by atoms with E-state index in [4.69, 9.17) is 5.53 Å². The first-order valence-electron chi connectivity index (χ1n) is 5.02. The second-order valence-electron chi connectivity index (χ2n) is 3.61. The van der Waals surface area contributed by atoms with E-state index >= 15 is 0 Å². The lowest BCUT2D eigenvalue weighted by molar-refractivity contribution is 0.100. The van der Waals surface area contributed by atoms with Crippen molar-refractivity contribution in [2.24, 2.45) is 5.11 Å². The Bertz CT molecular complexity index is 408. The molecule has 15 heavy (non-hydrogen) atoms. The Hall–Kier alpha value is -1.32. The zero-order chi connectivity index (χ0) is 10.7. The minimum absolute atomic E-state index is 0.449. The van der Waals surface area contributed by atoms with Crippen LogP contribution in [0.5, 0.6) is 0 Å². The van der Waals surface area contributed by atoms with E-state index in [0.717, 1.165) is 12.8 Å². The van der Waals surface area contributed by atoms with Gasteiger partial charge in [-0.25, -0.2) is 0 Å². The van der Waals surface area contributed by atoms with Crippen LogP contribution in [0.2, 0.25) is 0 Å². The van der Waals surface area contributed by atoms with Gasteiger partial charge in [-0.1, -0.05) is 6.42 Å². The number of carbonyl (C=O) groups excluding carboxylic acids is 1. The van der Waals surface area contributed by atoms with Gasteiger partial charge in [-0.2, -0.15) is 0 Å². The fourth-order valence-electron chi connectivity index (χ4n) is 1.86. The van der Waals surface area contributed by atoms with Gasteiger partial charge in [0.1, 0.15) is 0 Å². The molecule has 0 bridgehead atoms. The summed E-state index contributed by atoms with van der Waals surface area (Å²) in [6.45, 7) is 0. The van der Waals surface area contributed by atoms with Gasteiger partial charge < -0.3 is 0 Å². The highest BCUT2D eigenvalue weighted by Crippen LogP contribution is 2.29. The molecule has 0 aromatic carbocycles. The van der Waals surface area contributed by atoms with Gasteiger partial charge in [0, 0.05) is 9.79 Å². The largest absolute Gasteiger partial charge is 0.286 e. The highest BCUT2D eigenvalue weighted by Gasteiger charge is 2.15. The molecule has 1 aromatic rings. The van der Waals surface area contributed by atoms with Gasteiger partial charge in [0.25, 0.3) is 5.91 Å². The Labute approximate surface area is 91.6 Å².